The van der Waals surface area contributed by atoms with Crippen LogP contribution in [-0.4, -0.2) is 32.0 Å². The molecule has 0 bridgehead atoms. The van der Waals surface area contributed by atoms with Gasteiger partial charge in [0.25, 0.3) is 0 Å². The van der Waals surface area contributed by atoms with Crippen LogP contribution < -0.4 is 4.90 Å². The zero-order chi connectivity index (χ0) is 15.7. The molecule has 0 amide bonds. The van der Waals surface area contributed by atoms with E-state index in [1.54, 1.807) is 0 Å². The Hall–Kier alpha value is -2.20. The van der Waals surface area contributed by atoms with Crippen LogP contribution >= 0.6 is 0 Å². The third kappa shape index (κ3) is 1.87. The third-order valence-corrected chi connectivity index (χ3v) is 5.20. The third-order valence-electron chi connectivity index (χ3n) is 5.20. The molecule has 2 N–H and O–H groups in total. The van der Waals surface area contributed by atoms with Crippen molar-refractivity contribution >= 4 is 5.71 Å². The molecule has 0 aromatic rings. The van der Waals surface area contributed by atoms with Crippen molar-refractivity contribution in [2.24, 2.45) is 17.3 Å². The molecular formula is C16H18N5O+. The largest absolute Gasteiger partial charge is 0.370 e. The van der Waals surface area contributed by atoms with Crippen LogP contribution in [0, 0.1) is 56.7 Å². The highest BCUT2D eigenvalue weighted by Gasteiger charge is 2.60. The Kier molecular flexibility index (Phi) is 3.71. The molecule has 112 valence electrons. The molecule has 6 nitrogen and oxygen atoms in total. The first-order valence-corrected chi connectivity index (χ1v) is 7.66. The summed E-state index contributed by atoms with van der Waals surface area (Å²) in [6.45, 7) is 3.07. The Balaban J connectivity index is 2.12. The first-order chi connectivity index (χ1) is 10.7. The van der Waals surface area contributed by atoms with E-state index in [1.807, 2.05) is 6.07 Å². The van der Waals surface area contributed by atoms with E-state index in [-0.39, 0.29) is 11.6 Å². The smallest absolute Gasteiger partial charge is 0.172 e. The molecule has 22 heavy (non-hydrogen) atoms. The minimum Gasteiger partial charge on any atom is -0.370 e. The zero-order valence-corrected chi connectivity index (χ0v) is 12.4. The topological polar surface area (TPSA) is 109 Å². The number of morpholine rings is 1. The van der Waals surface area contributed by atoms with E-state index < -0.39 is 11.3 Å². The quantitative estimate of drug-likeness (QED) is 0.718. The number of ether oxygens (including phenoxy) is 1. The molecule has 0 aromatic carbocycles. The second-order valence-electron chi connectivity index (χ2n) is 6.12. The van der Waals surface area contributed by atoms with E-state index in [2.05, 4.69) is 12.1 Å². The SMILES string of the molecule is N#CC1C(=N)C2=C([NH+]3CCOCC3)CCC[C@@H]2C1(C#N)C#N. The minimum atomic E-state index is -1.39. The summed E-state index contributed by atoms with van der Waals surface area (Å²) in [7, 11) is 0. The van der Waals surface area contributed by atoms with Crippen LogP contribution in [-0.2, 0) is 4.74 Å². The summed E-state index contributed by atoms with van der Waals surface area (Å²) in [5, 5.41) is 37.1. The standard InChI is InChI=1S/C16H17N5O/c17-8-12-15(20)14-11(16(12,9-18)10-19)2-1-3-13(14)21-4-6-22-7-5-21/h11-12,20H,1-7H2/p+1/t11-,12?/m0/s1. The maximum absolute atomic E-state index is 9.60. The molecule has 1 saturated carbocycles. The van der Waals surface area contributed by atoms with Gasteiger partial charge in [0.05, 0.1) is 37.1 Å². The molecule has 2 fully saturated rings. The fraction of sp³-hybridized carbons (Fsp3) is 0.625. The van der Waals surface area contributed by atoms with Gasteiger partial charge in [0.15, 0.2) is 5.41 Å². The summed E-state index contributed by atoms with van der Waals surface area (Å²) in [5.41, 5.74) is 0.762. The second-order valence-corrected chi connectivity index (χ2v) is 6.12. The highest BCUT2D eigenvalue weighted by molar-refractivity contribution is 6.06. The first kappa shape index (κ1) is 14.7. The van der Waals surface area contributed by atoms with Gasteiger partial charge in [0, 0.05) is 17.9 Å². The Morgan fingerprint density at radius 3 is 2.45 bits per heavy atom. The molecule has 0 radical (unpaired) electrons. The number of nitriles is 3. The molecule has 1 unspecified atom stereocenters. The number of hydrogen-bond acceptors (Lipinski definition) is 5. The van der Waals surface area contributed by atoms with Crippen molar-refractivity contribution in [2.75, 3.05) is 26.3 Å². The van der Waals surface area contributed by atoms with Crippen LogP contribution in [0.2, 0.25) is 0 Å². The van der Waals surface area contributed by atoms with E-state index in [4.69, 9.17) is 10.1 Å². The second kappa shape index (κ2) is 5.54. The van der Waals surface area contributed by atoms with E-state index in [0.717, 1.165) is 37.2 Å². The lowest BCUT2D eigenvalue weighted by Crippen LogP contribution is -3.12. The van der Waals surface area contributed by atoms with Crippen molar-refractivity contribution in [3.8, 4) is 18.2 Å². The molecule has 3 aliphatic rings. The van der Waals surface area contributed by atoms with Gasteiger partial charge in [-0.2, -0.15) is 15.8 Å². The van der Waals surface area contributed by atoms with E-state index in [1.165, 1.54) is 4.90 Å². The fourth-order valence-corrected chi connectivity index (χ4v) is 4.13. The number of rotatable bonds is 1. The highest BCUT2D eigenvalue weighted by Crippen LogP contribution is 2.52. The molecule has 6 heteroatoms. The van der Waals surface area contributed by atoms with Gasteiger partial charge in [0.1, 0.15) is 24.7 Å². The summed E-state index contributed by atoms with van der Waals surface area (Å²) in [5.74, 6) is -1.23. The molecule has 1 saturated heterocycles. The van der Waals surface area contributed by atoms with E-state index in [0.29, 0.717) is 19.6 Å². The summed E-state index contributed by atoms with van der Waals surface area (Å²) >= 11 is 0. The van der Waals surface area contributed by atoms with Gasteiger partial charge >= 0.3 is 0 Å². The molecule has 2 aliphatic carbocycles. The Labute approximate surface area is 129 Å². The average molecular weight is 296 g/mol. The van der Waals surface area contributed by atoms with Crippen LogP contribution in [0.15, 0.2) is 11.3 Å². The normalized spacial score (nSPS) is 31.0. The Morgan fingerprint density at radius 2 is 1.86 bits per heavy atom. The Morgan fingerprint density at radius 1 is 1.18 bits per heavy atom. The van der Waals surface area contributed by atoms with Crippen molar-refractivity contribution < 1.29 is 9.64 Å². The van der Waals surface area contributed by atoms with Gasteiger partial charge in [-0.15, -0.1) is 0 Å². The lowest BCUT2D eigenvalue weighted by atomic mass is 9.71. The van der Waals surface area contributed by atoms with Gasteiger partial charge in [-0.3, -0.25) is 0 Å². The van der Waals surface area contributed by atoms with Gasteiger partial charge < -0.3 is 15.0 Å². The first-order valence-electron chi connectivity index (χ1n) is 7.66. The number of hydrogen-bond donors (Lipinski definition) is 2. The van der Waals surface area contributed by atoms with Crippen LogP contribution in [0.3, 0.4) is 0 Å². The van der Waals surface area contributed by atoms with Gasteiger partial charge in [-0.05, 0) is 12.8 Å². The Bertz CT molecular complexity index is 639. The van der Waals surface area contributed by atoms with Gasteiger partial charge in [-0.1, -0.05) is 0 Å². The molecule has 1 aliphatic heterocycles. The number of nitrogens with zero attached hydrogens (tertiary/aromatic N) is 3. The number of fused-ring (bicyclic) bond motifs is 1. The van der Waals surface area contributed by atoms with Crippen LogP contribution in [0.1, 0.15) is 19.3 Å². The zero-order valence-electron chi connectivity index (χ0n) is 12.4. The molecule has 2 atom stereocenters. The molecular weight excluding hydrogens is 278 g/mol. The molecule has 1 heterocycles. The summed E-state index contributed by atoms with van der Waals surface area (Å²) in [6, 6.07) is 6.23. The number of nitrogens with one attached hydrogen (secondary N) is 2. The van der Waals surface area contributed by atoms with E-state index in [9.17, 15) is 15.8 Å². The van der Waals surface area contributed by atoms with E-state index >= 15 is 0 Å². The van der Waals surface area contributed by atoms with Crippen molar-refractivity contribution in [2.45, 2.75) is 19.3 Å². The minimum absolute atomic E-state index is 0.198. The van der Waals surface area contributed by atoms with Crippen LogP contribution in [0.25, 0.3) is 0 Å². The monoisotopic (exact) mass is 296 g/mol. The van der Waals surface area contributed by atoms with Crippen LogP contribution in [0.4, 0.5) is 0 Å². The molecule has 0 aromatic heterocycles. The maximum atomic E-state index is 9.60. The van der Waals surface area contributed by atoms with Gasteiger partial charge in [-0.25, -0.2) is 0 Å². The van der Waals surface area contributed by atoms with Crippen molar-refractivity contribution in [1.29, 1.82) is 21.2 Å². The van der Waals surface area contributed by atoms with Gasteiger partial charge in [0.2, 0.25) is 0 Å². The highest BCUT2D eigenvalue weighted by atomic mass is 16.5. The number of allylic oxidation sites excluding steroid dienone is 2. The summed E-state index contributed by atoms with van der Waals surface area (Å²) in [4.78, 5) is 1.29. The predicted octanol–water partition coefficient (Wildman–Crippen LogP) is 0.162. The summed E-state index contributed by atoms with van der Waals surface area (Å²) in [6.07, 6.45) is 2.50. The average Bonchev–Trinajstić information content (AvgIpc) is 2.84. The number of quaternary nitrogens is 1. The molecule has 3 rings (SSSR count). The van der Waals surface area contributed by atoms with Crippen LogP contribution in [0.5, 0.6) is 0 Å². The van der Waals surface area contributed by atoms with Crippen molar-refractivity contribution in [3.63, 3.8) is 0 Å². The lowest BCUT2D eigenvalue weighted by Gasteiger charge is -2.32. The summed E-state index contributed by atoms with van der Waals surface area (Å²) < 4.78 is 5.40. The predicted molar refractivity (Wildman–Crippen MR) is 76.4 cm³/mol. The fourth-order valence-electron chi connectivity index (χ4n) is 4.13. The maximum Gasteiger partial charge on any atom is 0.172 e. The molecule has 0 spiro atoms. The van der Waals surface area contributed by atoms with Crippen molar-refractivity contribution in [3.05, 3.63) is 11.3 Å². The van der Waals surface area contributed by atoms with Crippen molar-refractivity contribution in [1.82, 2.24) is 0 Å². The lowest BCUT2D eigenvalue weighted by molar-refractivity contribution is -0.871.